The van der Waals surface area contributed by atoms with E-state index in [1.54, 1.807) is 0 Å². The Bertz CT molecular complexity index is 946. The maximum absolute atomic E-state index is 12.8. The van der Waals surface area contributed by atoms with E-state index < -0.39 is 37.1 Å². The monoisotopic (exact) mass is 469 g/mol. The fourth-order valence-corrected chi connectivity index (χ4v) is 2.34. The number of oxime groups is 1. The third-order valence-corrected chi connectivity index (χ3v) is 3.80. The minimum Gasteiger partial charge on any atom is -0.482 e. The van der Waals surface area contributed by atoms with Crippen LogP contribution >= 0.6 is 11.6 Å². The topological polar surface area (TPSA) is 72.8 Å². The summed E-state index contributed by atoms with van der Waals surface area (Å²) in [7, 11) is 0.910. The van der Waals surface area contributed by atoms with Gasteiger partial charge in [-0.05, 0) is 24.3 Å². The number of carbonyl (C=O) groups is 1. The Labute approximate surface area is 176 Å². The average Bonchev–Trinajstić information content (AvgIpc) is 2.68. The molecule has 0 aliphatic heterocycles. The normalized spacial score (nSPS) is 12.5. The van der Waals surface area contributed by atoms with Crippen molar-refractivity contribution in [1.82, 2.24) is 10.3 Å². The molecule has 0 fully saturated rings. The number of benzene rings is 1. The van der Waals surface area contributed by atoms with Crippen LogP contribution in [0.5, 0.6) is 5.75 Å². The van der Waals surface area contributed by atoms with Crippen molar-refractivity contribution in [2.75, 3.05) is 20.3 Å². The largest absolute Gasteiger partial charge is 0.482 e. The van der Waals surface area contributed by atoms with Gasteiger partial charge < -0.3 is 14.9 Å². The molecule has 2 aromatic rings. The molecule has 6 nitrogen and oxygen atoms in total. The average molecular weight is 470 g/mol. The molecule has 0 saturated heterocycles. The van der Waals surface area contributed by atoms with E-state index in [4.69, 9.17) is 16.3 Å². The van der Waals surface area contributed by atoms with E-state index >= 15 is 0 Å². The molecular formula is C18H14ClF6N3O3. The molecule has 13 heteroatoms. The number of pyridine rings is 1. The molecule has 2 rings (SSSR count). The second kappa shape index (κ2) is 9.86. The molecule has 0 saturated carbocycles. The third kappa shape index (κ3) is 7.31. The Morgan fingerprint density at radius 2 is 1.74 bits per heavy atom. The Balaban J connectivity index is 2.32. The maximum Gasteiger partial charge on any atom is 0.434 e. The van der Waals surface area contributed by atoms with Gasteiger partial charge in [-0.15, -0.1) is 0 Å². The molecule has 0 aliphatic carbocycles. The minimum atomic E-state index is -4.85. The fraction of sp³-hybridized carbons (Fsp3) is 0.278. The Morgan fingerprint density at radius 3 is 2.29 bits per heavy atom. The van der Waals surface area contributed by atoms with Crippen LogP contribution < -0.4 is 10.1 Å². The summed E-state index contributed by atoms with van der Waals surface area (Å²) in [6, 6.07) is 7.82. The van der Waals surface area contributed by atoms with Crippen LogP contribution in [0.2, 0.25) is 5.02 Å². The van der Waals surface area contributed by atoms with E-state index in [1.807, 2.05) is 5.32 Å². The number of hydrogen-bond acceptors (Lipinski definition) is 5. The first-order chi connectivity index (χ1) is 14.4. The zero-order valence-electron chi connectivity index (χ0n) is 15.6. The highest BCUT2D eigenvalue weighted by Crippen LogP contribution is 2.31. The van der Waals surface area contributed by atoms with Gasteiger partial charge in [0.1, 0.15) is 24.2 Å². The van der Waals surface area contributed by atoms with Crippen LogP contribution in [0, 0.1) is 0 Å². The zero-order valence-corrected chi connectivity index (χ0v) is 16.4. The number of alkyl halides is 6. The van der Waals surface area contributed by atoms with Crippen LogP contribution in [0.1, 0.15) is 10.5 Å². The molecule has 0 spiro atoms. The first-order valence-corrected chi connectivity index (χ1v) is 8.70. The van der Waals surface area contributed by atoms with Crippen LogP contribution in [0.3, 0.4) is 0 Å². The molecule has 168 valence electrons. The molecular weight excluding hydrogens is 456 g/mol. The molecule has 31 heavy (non-hydrogen) atoms. The number of hydrogen-bond donors (Lipinski definition) is 1. The van der Waals surface area contributed by atoms with Gasteiger partial charge in [0.25, 0.3) is 5.91 Å². The quantitative estimate of drug-likeness (QED) is 0.364. The molecule has 0 unspecified atom stereocenters. The van der Waals surface area contributed by atoms with Gasteiger partial charge in [-0.1, -0.05) is 28.9 Å². The number of rotatable bonds is 7. The minimum absolute atomic E-state index is 0.129. The smallest absolute Gasteiger partial charge is 0.434 e. The molecule has 0 atom stereocenters. The number of carbonyl (C=O) groups excluding carboxylic acids is 1. The summed E-state index contributed by atoms with van der Waals surface area (Å²) < 4.78 is 80.8. The summed E-state index contributed by atoms with van der Waals surface area (Å²) in [6.45, 7) is -2.62. The molecule has 0 bridgehead atoms. The lowest BCUT2D eigenvalue weighted by Gasteiger charge is -2.14. The lowest BCUT2D eigenvalue weighted by atomic mass is 10.1. The Morgan fingerprint density at radius 1 is 1.10 bits per heavy atom. The summed E-state index contributed by atoms with van der Waals surface area (Å²) in [5, 5.41) is 5.13. The Hall–Kier alpha value is -3.02. The summed E-state index contributed by atoms with van der Waals surface area (Å²) >= 11 is 5.80. The van der Waals surface area contributed by atoms with Gasteiger partial charge in [0, 0.05) is 10.6 Å². The van der Waals surface area contributed by atoms with Crippen LogP contribution in [0.25, 0.3) is 11.3 Å². The third-order valence-electron chi connectivity index (χ3n) is 3.54. The van der Waals surface area contributed by atoms with Crippen LogP contribution in [0.15, 0.2) is 41.6 Å². The van der Waals surface area contributed by atoms with Gasteiger partial charge in [-0.25, -0.2) is 4.98 Å². The highest BCUT2D eigenvalue weighted by atomic mass is 35.5. The SMILES string of the molecule is CO/N=C(/CNC(=O)c1ccc(OCC(F)(F)F)c(-c2ccc(Cl)cc2)n1)C(F)(F)F. The van der Waals surface area contributed by atoms with E-state index in [0.29, 0.717) is 5.02 Å². The van der Waals surface area contributed by atoms with Gasteiger partial charge in [0.15, 0.2) is 12.3 Å². The van der Waals surface area contributed by atoms with E-state index in [0.717, 1.165) is 19.2 Å². The standard InChI is InChI=1S/C18H14ClF6N3O3/c1-30-28-14(18(23,24)25)8-26-16(29)12-6-7-13(31-9-17(20,21)22)15(27-12)10-2-4-11(19)5-3-10/h2-7H,8-9H2,1H3,(H,26,29)/b28-14-. The van der Waals surface area contributed by atoms with E-state index in [9.17, 15) is 31.1 Å². The number of aromatic nitrogens is 1. The predicted octanol–water partition coefficient (Wildman–Crippen LogP) is 4.64. The van der Waals surface area contributed by atoms with Crippen molar-refractivity contribution in [3.8, 4) is 17.0 Å². The van der Waals surface area contributed by atoms with Crippen LogP contribution in [-0.2, 0) is 4.84 Å². The van der Waals surface area contributed by atoms with Crippen molar-refractivity contribution < 1.29 is 40.7 Å². The summed E-state index contributed by atoms with van der Waals surface area (Å²) in [6.07, 6.45) is -9.47. The van der Waals surface area contributed by atoms with Crippen LogP contribution in [0.4, 0.5) is 26.3 Å². The predicted molar refractivity (Wildman–Crippen MR) is 99.1 cm³/mol. The molecule has 1 N–H and O–H groups in total. The lowest BCUT2D eigenvalue weighted by Crippen LogP contribution is -2.37. The summed E-state index contributed by atoms with van der Waals surface area (Å²) in [5.74, 6) is -1.31. The van der Waals surface area contributed by atoms with Crippen molar-refractivity contribution in [3.63, 3.8) is 0 Å². The highest BCUT2D eigenvalue weighted by Gasteiger charge is 2.37. The first kappa shape index (κ1) is 24.3. The zero-order chi connectivity index (χ0) is 23.2. The molecule has 0 aliphatic rings. The molecule has 1 heterocycles. The van der Waals surface area contributed by atoms with Crippen molar-refractivity contribution >= 4 is 23.2 Å². The molecule has 1 aromatic heterocycles. The van der Waals surface area contributed by atoms with E-state index in [2.05, 4.69) is 15.0 Å². The van der Waals surface area contributed by atoms with E-state index in [-0.39, 0.29) is 22.7 Å². The van der Waals surface area contributed by atoms with Crippen LogP contribution in [-0.4, -0.2) is 49.2 Å². The van der Waals surface area contributed by atoms with Gasteiger partial charge in [-0.2, -0.15) is 26.3 Å². The van der Waals surface area contributed by atoms with Gasteiger partial charge in [0.05, 0.1) is 6.54 Å². The van der Waals surface area contributed by atoms with E-state index in [1.165, 1.54) is 24.3 Å². The van der Waals surface area contributed by atoms with Crippen molar-refractivity contribution in [2.45, 2.75) is 12.4 Å². The number of nitrogens with zero attached hydrogens (tertiary/aromatic N) is 2. The highest BCUT2D eigenvalue weighted by molar-refractivity contribution is 6.30. The number of nitrogens with one attached hydrogen (secondary N) is 1. The van der Waals surface area contributed by atoms with Gasteiger partial charge in [-0.3, -0.25) is 4.79 Å². The number of ether oxygens (including phenoxy) is 1. The molecule has 0 radical (unpaired) electrons. The summed E-state index contributed by atoms with van der Waals surface area (Å²) in [4.78, 5) is 20.3. The summed E-state index contributed by atoms with van der Waals surface area (Å²) in [5.41, 5.74) is -1.61. The van der Waals surface area contributed by atoms with Crippen molar-refractivity contribution in [2.24, 2.45) is 5.16 Å². The number of halogens is 7. The first-order valence-electron chi connectivity index (χ1n) is 8.32. The number of amides is 1. The second-order valence-corrected chi connectivity index (χ2v) is 6.29. The van der Waals surface area contributed by atoms with Gasteiger partial charge >= 0.3 is 12.4 Å². The lowest BCUT2D eigenvalue weighted by molar-refractivity contribution is -0.153. The fourth-order valence-electron chi connectivity index (χ4n) is 2.21. The second-order valence-electron chi connectivity index (χ2n) is 5.85. The van der Waals surface area contributed by atoms with Crippen molar-refractivity contribution in [3.05, 3.63) is 47.1 Å². The molecule has 1 aromatic carbocycles. The molecule has 1 amide bonds. The van der Waals surface area contributed by atoms with Gasteiger partial charge in [0.2, 0.25) is 0 Å². The maximum atomic E-state index is 12.8. The Kier molecular flexibility index (Phi) is 7.71. The van der Waals surface area contributed by atoms with Crippen molar-refractivity contribution in [1.29, 1.82) is 0 Å².